The Hall–Kier alpha value is -4.87. The summed E-state index contributed by atoms with van der Waals surface area (Å²) in [5, 5.41) is 0.233. The molecule has 3 aromatic heterocycles. The maximum atomic E-state index is 16.1. The number of halogens is 2. The molecule has 1 fully saturated rings. The summed E-state index contributed by atoms with van der Waals surface area (Å²) in [4.78, 5) is 43.5. The number of aromatic nitrogens is 4. The smallest absolute Gasteiger partial charge is 0.356 e. The third kappa shape index (κ3) is 4.86. The van der Waals surface area contributed by atoms with Gasteiger partial charge in [0.1, 0.15) is 47.7 Å². The molecule has 1 atom stereocenters. The lowest BCUT2D eigenvalue weighted by Gasteiger charge is -2.40. The number of carbonyl (C=O) groups excluding carboxylic acids is 1. The number of anilines is 1. The van der Waals surface area contributed by atoms with Gasteiger partial charge in [0.15, 0.2) is 11.5 Å². The Morgan fingerprint density at radius 3 is 2.58 bits per heavy atom. The minimum atomic E-state index is -0.812. The van der Waals surface area contributed by atoms with Crippen LogP contribution in [0.1, 0.15) is 32.4 Å². The molecule has 1 aromatic carbocycles. The molecule has 10 nitrogen and oxygen atoms in total. The summed E-state index contributed by atoms with van der Waals surface area (Å²) in [5.41, 5.74) is -0.250. The number of rotatable bonds is 3. The highest BCUT2D eigenvalue weighted by Crippen LogP contribution is 2.38. The van der Waals surface area contributed by atoms with Crippen LogP contribution in [0.2, 0.25) is 0 Å². The second-order valence-corrected chi connectivity index (χ2v) is 10.8. The summed E-state index contributed by atoms with van der Waals surface area (Å²) in [6.45, 7) is 10.4. The van der Waals surface area contributed by atoms with Crippen molar-refractivity contribution >= 4 is 22.8 Å². The SMILES string of the molecule is C=CC(=O)N1CCN(c2nc(=O)n3c4nc(c(F)cc24)-c2c(F)cccc2OCCOc2ccnc(C(C)C)c2-3)[C@@H](C)C1. The van der Waals surface area contributed by atoms with Gasteiger partial charge in [-0.2, -0.15) is 4.98 Å². The van der Waals surface area contributed by atoms with Crippen LogP contribution < -0.4 is 20.1 Å². The summed E-state index contributed by atoms with van der Waals surface area (Å²) in [5.74, 6) is -1.24. The van der Waals surface area contributed by atoms with Crippen LogP contribution in [0.25, 0.3) is 28.0 Å². The van der Waals surface area contributed by atoms with Crippen molar-refractivity contribution in [3.63, 3.8) is 0 Å². The molecule has 4 aromatic rings. The number of nitrogens with zero attached hydrogens (tertiary/aromatic N) is 6. The molecule has 0 radical (unpaired) electrons. The van der Waals surface area contributed by atoms with Crippen LogP contribution in [0.5, 0.6) is 11.5 Å². The Kier molecular flexibility index (Phi) is 7.28. The van der Waals surface area contributed by atoms with Crippen molar-refractivity contribution < 1.29 is 23.0 Å². The summed E-state index contributed by atoms with van der Waals surface area (Å²) >= 11 is 0. The van der Waals surface area contributed by atoms with Gasteiger partial charge in [-0.1, -0.05) is 26.5 Å². The fraction of sp³-hybridized carbons (Fsp3) is 0.323. The Morgan fingerprint density at radius 1 is 1.09 bits per heavy atom. The molecule has 0 aliphatic carbocycles. The van der Waals surface area contributed by atoms with Crippen LogP contribution in [0.15, 0.2) is 54.0 Å². The molecule has 222 valence electrons. The quantitative estimate of drug-likeness (QED) is 0.328. The predicted octanol–water partition coefficient (Wildman–Crippen LogP) is 4.24. The highest BCUT2D eigenvalue weighted by Gasteiger charge is 2.31. The summed E-state index contributed by atoms with van der Waals surface area (Å²) in [6.07, 6.45) is 2.85. The number of ether oxygens (including phenoxy) is 2. The average molecular weight is 589 g/mol. The second kappa shape index (κ2) is 11.1. The van der Waals surface area contributed by atoms with Gasteiger partial charge in [0, 0.05) is 37.9 Å². The number of pyridine rings is 2. The van der Waals surface area contributed by atoms with Crippen LogP contribution in [0.4, 0.5) is 14.6 Å². The van der Waals surface area contributed by atoms with E-state index in [1.54, 1.807) is 17.2 Å². The summed E-state index contributed by atoms with van der Waals surface area (Å²) in [7, 11) is 0. The monoisotopic (exact) mass is 588 g/mol. The number of benzene rings is 1. The second-order valence-electron chi connectivity index (χ2n) is 10.8. The Labute approximate surface area is 246 Å². The van der Waals surface area contributed by atoms with Gasteiger partial charge in [0.25, 0.3) is 0 Å². The molecule has 6 rings (SSSR count). The van der Waals surface area contributed by atoms with E-state index in [1.165, 1.54) is 34.9 Å². The minimum absolute atomic E-state index is 0.0241. The molecule has 0 N–H and O–H groups in total. The summed E-state index contributed by atoms with van der Waals surface area (Å²) in [6, 6.07) is 6.77. The molecule has 2 bridgehead atoms. The van der Waals surface area contributed by atoms with Crippen molar-refractivity contribution in [1.29, 1.82) is 0 Å². The molecule has 0 saturated carbocycles. The van der Waals surface area contributed by atoms with E-state index in [1.807, 2.05) is 25.7 Å². The number of fused-ring (bicyclic) bond motifs is 5. The predicted molar refractivity (Wildman–Crippen MR) is 157 cm³/mol. The first-order valence-corrected chi connectivity index (χ1v) is 14.0. The first kappa shape index (κ1) is 28.3. The molecule has 2 aliphatic heterocycles. The van der Waals surface area contributed by atoms with Gasteiger partial charge >= 0.3 is 5.69 Å². The molecule has 43 heavy (non-hydrogen) atoms. The molecule has 0 spiro atoms. The average Bonchev–Trinajstić information content (AvgIpc) is 2.98. The zero-order valence-electron chi connectivity index (χ0n) is 24.0. The molecule has 1 saturated heterocycles. The zero-order valence-corrected chi connectivity index (χ0v) is 24.0. The number of piperazine rings is 1. The van der Waals surface area contributed by atoms with Crippen molar-refractivity contribution in [3.05, 3.63) is 77.0 Å². The maximum Gasteiger partial charge on any atom is 0.356 e. The topological polar surface area (TPSA) is 103 Å². The zero-order chi connectivity index (χ0) is 30.4. The van der Waals surface area contributed by atoms with Gasteiger partial charge in [-0.25, -0.2) is 23.1 Å². The van der Waals surface area contributed by atoms with E-state index in [0.717, 1.165) is 0 Å². The van der Waals surface area contributed by atoms with Crippen LogP contribution in [-0.4, -0.2) is 69.2 Å². The lowest BCUT2D eigenvalue weighted by atomic mass is 10.1. The van der Waals surface area contributed by atoms with E-state index in [9.17, 15) is 9.59 Å². The Balaban J connectivity index is 1.68. The number of carbonyl (C=O) groups is 1. The highest BCUT2D eigenvalue weighted by molar-refractivity contribution is 5.91. The lowest BCUT2D eigenvalue weighted by Crippen LogP contribution is -2.54. The fourth-order valence-corrected chi connectivity index (χ4v) is 5.68. The number of amides is 1. The molecule has 5 heterocycles. The van der Waals surface area contributed by atoms with E-state index in [2.05, 4.69) is 21.5 Å². The fourth-order valence-electron chi connectivity index (χ4n) is 5.68. The first-order valence-electron chi connectivity index (χ1n) is 14.0. The van der Waals surface area contributed by atoms with Crippen LogP contribution in [0, 0.1) is 11.6 Å². The Bertz CT molecular complexity index is 1820. The summed E-state index contributed by atoms with van der Waals surface area (Å²) < 4.78 is 44.6. The molecular formula is C31H30F2N6O4. The number of hydrogen-bond donors (Lipinski definition) is 0. The van der Waals surface area contributed by atoms with Gasteiger partial charge in [0.05, 0.1) is 16.6 Å². The van der Waals surface area contributed by atoms with Gasteiger partial charge in [-0.3, -0.25) is 9.78 Å². The van der Waals surface area contributed by atoms with Crippen molar-refractivity contribution in [1.82, 2.24) is 24.4 Å². The highest BCUT2D eigenvalue weighted by atomic mass is 19.1. The normalized spacial score (nSPS) is 16.6. The van der Waals surface area contributed by atoms with Gasteiger partial charge in [-0.15, -0.1) is 0 Å². The van der Waals surface area contributed by atoms with Crippen molar-refractivity contribution in [2.45, 2.75) is 32.7 Å². The molecule has 0 unspecified atom stereocenters. The van der Waals surface area contributed by atoms with E-state index < -0.39 is 17.3 Å². The van der Waals surface area contributed by atoms with Gasteiger partial charge < -0.3 is 19.3 Å². The van der Waals surface area contributed by atoms with E-state index in [0.29, 0.717) is 36.8 Å². The Morgan fingerprint density at radius 2 is 1.86 bits per heavy atom. The number of hydrogen-bond acceptors (Lipinski definition) is 8. The van der Waals surface area contributed by atoms with Crippen LogP contribution in [-0.2, 0) is 4.79 Å². The van der Waals surface area contributed by atoms with E-state index in [4.69, 9.17) is 9.47 Å². The van der Waals surface area contributed by atoms with E-state index in [-0.39, 0.29) is 64.9 Å². The van der Waals surface area contributed by atoms with Gasteiger partial charge in [0.2, 0.25) is 5.91 Å². The molecular weight excluding hydrogens is 558 g/mol. The first-order chi connectivity index (χ1) is 20.7. The maximum absolute atomic E-state index is 16.1. The van der Waals surface area contributed by atoms with Crippen molar-refractivity contribution in [2.24, 2.45) is 0 Å². The minimum Gasteiger partial charge on any atom is -0.489 e. The van der Waals surface area contributed by atoms with Crippen molar-refractivity contribution in [3.8, 4) is 28.4 Å². The van der Waals surface area contributed by atoms with E-state index >= 15 is 8.78 Å². The third-order valence-corrected chi connectivity index (χ3v) is 7.68. The van der Waals surface area contributed by atoms with Crippen molar-refractivity contribution in [2.75, 3.05) is 37.7 Å². The van der Waals surface area contributed by atoms with Crippen LogP contribution >= 0.6 is 0 Å². The molecule has 2 aliphatic rings. The third-order valence-electron chi connectivity index (χ3n) is 7.68. The molecule has 1 amide bonds. The molecule has 12 heteroatoms. The standard InChI is InChI=1S/C31H30F2N6O4/c1-5-24(40)37-11-12-38(18(4)16-37)29-19-15-21(33)27-25-20(32)7-6-8-22(25)42-13-14-43-23-9-10-34-26(17(2)3)28(23)39(30(19)35-27)31(41)36-29/h5-10,15,17-18H,1,11-14,16H2,2-4H3/t18-/m0/s1. The van der Waals surface area contributed by atoms with Crippen LogP contribution in [0.3, 0.4) is 0 Å². The van der Waals surface area contributed by atoms with Gasteiger partial charge in [-0.05, 0) is 37.1 Å². The lowest BCUT2D eigenvalue weighted by molar-refractivity contribution is -0.126. The largest absolute Gasteiger partial charge is 0.489 e.